The van der Waals surface area contributed by atoms with E-state index in [1.54, 1.807) is 0 Å². The molecule has 1 saturated heterocycles. The number of carbonyl (C=O) groups excluding carboxylic acids is 1. The smallest absolute Gasteiger partial charge is 0.240 e. The summed E-state index contributed by atoms with van der Waals surface area (Å²) in [4.78, 5) is 17.6. The van der Waals surface area contributed by atoms with Crippen LogP contribution < -0.4 is 11.1 Å². The highest BCUT2D eigenvalue weighted by molar-refractivity contribution is 5.76. The number of amides is 1. The molecule has 7 heteroatoms. The molecule has 0 spiro atoms. The van der Waals surface area contributed by atoms with Crippen LogP contribution in [0.2, 0.25) is 0 Å². The van der Waals surface area contributed by atoms with Crippen molar-refractivity contribution in [3.63, 3.8) is 0 Å². The molecular weight excluding hydrogens is 234 g/mol. The summed E-state index contributed by atoms with van der Waals surface area (Å²) in [5.74, 6) is 1.13. The van der Waals surface area contributed by atoms with Gasteiger partial charge in [-0.2, -0.15) is 4.98 Å². The van der Waals surface area contributed by atoms with Gasteiger partial charge in [-0.3, -0.25) is 9.69 Å². The maximum atomic E-state index is 11.2. The van der Waals surface area contributed by atoms with Gasteiger partial charge in [-0.1, -0.05) is 5.16 Å². The largest absolute Gasteiger partial charge is 0.355 e. The summed E-state index contributed by atoms with van der Waals surface area (Å²) in [6, 6.07) is 0. The molecule has 0 aromatic carbocycles. The van der Waals surface area contributed by atoms with Crippen LogP contribution >= 0.6 is 0 Å². The molecule has 1 aliphatic heterocycles. The third-order valence-electron chi connectivity index (χ3n) is 2.81. The Kier molecular flexibility index (Phi) is 3.63. The van der Waals surface area contributed by atoms with Gasteiger partial charge in [-0.15, -0.1) is 0 Å². The Morgan fingerprint density at radius 1 is 1.50 bits per heavy atom. The van der Waals surface area contributed by atoms with E-state index < -0.39 is 5.54 Å². The van der Waals surface area contributed by atoms with E-state index in [1.165, 1.54) is 0 Å². The number of hydrogen-bond acceptors (Lipinski definition) is 6. The molecule has 100 valence electrons. The molecule has 1 amide bonds. The van der Waals surface area contributed by atoms with Crippen LogP contribution in [0.25, 0.3) is 0 Å². The minimum Gasteiger partial charge on any atom is -0.355 e. The van der Waals surface area contributed by atoms with Gasteiger partial charge < -0.3 is 15.6 Å². The molecule has 1 aliphatic rings. The normalized spacial score (nSPS) is 18.5. The van der Waals surface area contributed by atoms with Crippen molar-refractivity contribution < 1.29 is 9.32 Å². The molecular formula is C11H19N5O2. The molecule has 0 radical (unpaired) electrons. The second-order valence-corrected chi connectivity index (χ2v) is 5.11. The minimum absolute atomic E-state index is 0.0896. The number of nitrogens with one attached hydrogen (secondary N) is 1. The van der Waals surface area contributed by atoms with Crippen LogP contribution in [0, 0.1) is 0 Å². The molecule has 0 saturated carbocycles. The van der Waals surface area contributed by atoms with Gasteiger partial charge in [-0.25, -0.2) is 0 Å². The minimum atomic E-state index is -0.599. The number of hydrogen-bond donors (Lipinski definition) is 2. The molecule has 1 aromatic rings. The van der Waals surface area contributed by atoms with Gasteiger partial charge in [0.2, 0.25) is 11.8 Å². The highest BCUT2D eigenvalue weighted by Crippen LogP contribution is 2.13. The zero-order valence-electron chi connectivity index (χ0n) is 10.8. The molecule has 1 fully saturated rings. The Bertz CT molecular complexity index is 423. The number of nitrogens with two attached hydrogens (primary N) is 1. The predicted molar refractivity (Wildman–Crippen MR) is 64.4 cm³/mol. The molecule has 0 bridgehead atoms. The second-order valence-electron chi connectivity index (χ2n) is 5.11. The zero-order chi connectivity index (χ0) is 13.2. The summed E-state index contributed by atoms with van der Waals surface area (Å²) in [6.07, 6.45) is 0.503. The summed E-state index contributed by atoms with van der Waals surface area (Å²) >= 11 is 0. The second kappa shape index (κ2) is 5.03. The average Bonchev–Trinajstić information content (AvgIpc) is 2.65. The van der Waals surface area contributed by atoms with Crippen molar-refractivity contribution in [1.82, 2.24) is 20.4 Å². The van der Waals surface area contributed by atoms with Gasteiger partial charge in [0.25, 0.3) is 0 Å². The van der Waals surface area contributed by atoms with Crippen LogP contribution in [0.5, 0.6) is 0 Å². The van der Waals surface area contributed by atoms with E-state index in [9.17, 15) is 4.79 Å². The van der Waals surface area contributed by atoms with Crippen LogP contribution in [0.3, 0.4) is 0 Å². The molecule has 0 unspecified atom stereocenters. The van der Waals surface area contributed by atoms with Gasteiger partial charge in [0.05, 0.1) is 12.1 Å². The first kappa shape index (κ1) is 13.0. The molecule has 3 N–H and O–H groups in total. The van der Waals surface area contributed by atoms with Crippen molar-refractivity contribution in [3.05, 3.63) is 11.7 Å². The van der Waals surface area contributed by atoms with Crippen LogP contribution in [0.1, 0.15) is 32.0 Å². The monoisotopic (exact) mass is 253 g/mol. The molecule has 0 atom stereocenters. The van der Waals surface area contributed by atoms with Gasteiger partial charge >= 0.3 is 0 Å². The van der Waals surface area contributed by atoms with E-state index in [1.807, 2.05) is 13.8 Å². The van der Waals surface area contributed by atoms with Gasteiger partial charge in [0, 0.05) is 26.1 Å². The van der Waals surface area contributed by atoms with Gasteiger partial charge in [0.15, 0.2) is 5.82 Å². The molecule has 1 aromatic heterocycles. The Balaban J connectivity index is 1.97. The Morgan fingerprint density at radius 3 is 2.94 bits per heavy atom. The molecule has 2 heterocycles. The van der Waals surface area contributed by atoms with Crippen molar-refractivity contribution in [2.45, 2.75) is 32.4 Å². The highest BCUT2D eigenvalue weighted by atomic mass is 16.5. The summed E-state index contributed by atoms with van der Waals surface area (Å²) in [7, 11) is 0. The lowest BCUT2D eigenvalue weighted by Crippen LogP contribution is -2.30. The van der Waals surface area contributed by atoms with Gasteiger partial charge in [-0.05, 0) is 13.8 Å². The molecule has 2 rings (SSSR count). The Hall–Kier alpha value is -1.47. The topological polar surface area (TPSA) is 97.3 Å². The van der Waals surface area contributed by atoms with Crippen molar-refractivity contribution in [2.24, 2.45) is 5.73 Å². The average molecular weight is 253 g/mol. The molecule has 0 aliphatic carbocycles. The number of carbonyl (C=O) groups is 1. The third kappa shape index (κ3) is 3.27. The summed E-state index contributed by atoms with van der Waals surface area (Å²) in [6.45, 7) is 6.36. The van der Waals surface area contributed by atoms with E-state index in [-0.39, 0.29) is 5.91 Å². The SMILES string of the molecule is CC(C)(N)c1noc(CN2CCNC(=O)CC2)n1. The first-order valence-electron chi connectivity index (χ1n) is 6.06. The lowest BCUT2D eigenvalue weighted by molar-refractivity contribution is -0.120. The van der Waals surface area contributed by atoms with E-state index >= 15 is 0 Å². The van der Waals surface area contributed by atoms with Crippen LogP contribution in [0.15, 0.2) is 4.52 Å². The van der Waals surface area contributed by atoms with Crippen LogP contribution in [-0.2, 0) is 16.9 Å². The lowest BCUT2D eigenvalue weighted by atomic mass is 10.1. The first-order chi connectivity index (χ1) is 8.45. The fourth-order valence-corrected chi connectivity index (χ4v) is 1.74. The van der Waals surface area contributed by atoms with E-state index in [0.29, 0.717) is 37.8 Å². The van der Waals surface area contributed by atoms with Crippen LogP contribution in [-0.4, -0.2) is 40.6 Å². The van der Waals surface area contributed by atoms with Crippen molar-refractivity contribution >= 4 is 5.91 Å². The quantitative estimate of drug-likeness (QED) is 0.759. The molecule has 7 nitrogen and oxygen atoms in total. The summed E-state index contributed by atoms with van der Waals surface area (Å²) in [5, 5.41) is 6.69. The first-order valence-corrected chi connectivity index (χ1v) is 6.06. The fourth-order valence-electron chi connectivity index (χ4n) is 1.74. The van der Waals surface area contributed by atoms with E-state index in [4.69, 9.17) is 10.3 Å². The summed E-state index contributed by atoms with van der Waals surface area (Å²) < 4.78 is 5.17. The number of nitrogens with zero attached hydrogens (tertiary/aromatic N) is 3. The van der Waals surface area contributed by atoms with Crippen molar-refractivity contribution in [3.8, 4) is 0 Å². The predicted octanol–water partition coefficient (Wildman–Crippen LogP) is -0.415. The lowest BCUT2D eigenvalue weighted by Gasteiger charge is -2.16. The maximum Gasteiger partial charge on any atom is 0.240 e. The van der Waals surface area contributed by atoms with Gasteiger partial charge in [0.1, 0.15) is 0 Å². The zero-order valence-corrected chi connectivity index (χ0v) is 10.8. The maximum absolute atomic E-state index is 11.2. The standard InChI is InChI=1S/C11H19N5O2/c1-11(2,12)10-14-9(18-15-10)7-16-5-3-8(17)13-4-6-16/h3-7,12H2,1-2H3,(H,13,17). The Labute approximate surface area is 106 Å². The molecule has 18 heavy (non-hydrogen) atoms. The van der Waals surface area contributed by atoms with Crippen molar-refractivity contribution in [2.75, 3.05) is 19.6 Å². The summed E-state index contributed by atoms with van der Waals surface area (Å²) in [5.41, 5.74) is 5.29. The number of rotatable bonds is 3. The van der Waals surface area contributed by atoms with E-state index in [0.717, 1.165) is 6.54 Å². The highest BCUT2D eigenvalue weighted by Gasteiger charge is 2.22. The fraction of sp³-hybridized carbons (Fsp3) is 0.727. The van der Waals surface area contributed by atoms with Crippen molar-refractivity contribution in [1.29, 1.82) is 0 Å². The number of aromatic nitrogens is 2. The Morgan fingerprint density at radius 2 is 2.28 bits per heavy atom. The van der Waals surface area contributed by atoms with E-state index in [2.05, 4.69) is 20.4 Å². The third-order valence-corrected chi connectivity index (χ3v) is 2.81. The van der Waals surface area contributed by atoms with Crippen LogP contribution in [0.4, 0.5) is 0 Å².